The number of aryl methyl sites for hydroxylation is 1. The van der Waals surface area contributed by atoms with E-state index in [0.717, 1.165) is 23.6 Å². The van der Waals surface area contributed by atoms with E-state index in [1.54, 1.807) is 22.7 Å². The summed E-state index contributed by atoms with van der Waals surface area (Å²) in [7, 11) is 0. The minimum atomic E-state index is 0.0675. The van der Waals surface area contributed by atoms with Gasteiger partial charge in [-0.05, 0) is 55.2 Å². The number of carbonyl (C=O) groups excluding carboxylic acids is 1. The minimum absolute atomic E-state index is 0.0675. The molecule has 0 spiro atoms. The Kier molecular flexibility index (Phi) is 3.94. The molecule has 106 valence electrons. The summed E-state index contributed by atoms with van der Waals surface area (Å²) in [5.41, 5.74) is 1.39. The van der Waals surface area contributed by atoms with E-state index in [0.29, 0.717) is 0 Å². The molecule has 2 aromatic heterocycles. The van der Waals surface area contributed by atoms with Gasteiger partial charge in [-0.3, -0.25) is 4.79 Å². The summed E-state index contributed by atoms with van der Waals surface area (Å²) in [5.74, 6) is 0.816. The predicted molar refractivity (Wildman–Crippen MR) is 85.7 cm³/mol. The second-order valence-corrected chi connectivity index (χ2v) is 7.73. The van der Waals surface area contributed by atoms with Gasteiger partial charge in [-0.25, -0.2) is 0 Å². The van der Waals surface area contributed by atoms with Gasteiger partial charge in [0.15, 0.2) is 0 Å². The minimum Gasteiger partial charge on any atom is -0.344 e. The van der Waals surface area contributed by atoms with Crippen LogP contribution in [0.2, 0.25) is 0 Å². The van der Waals surface area contributed by atoms with Crippen LogP contribution in [-0.4, -0.2) is 5.91 Å². The Morgan fingerprint density at radius 3 is 3.10 bits per heavy atom. The van der Waals surface area contributed by atoms with Crippen molar-refractivity contribution in [2.45, 2.75) is 39.2 Å². The van der Waals surface area contributed by atoms with Crippen molar-refractivity contribution in [1.82, 2.24) is 5.32 Å². The number of carbonyl (C=O) groups is 1. The largest absolute Gasteiger partial charge is 0.344 e. The van der Waals surface area contributed by atoms with Crippen molar-refractivity contribution in [3.8, 4) is 0 Å². The first-order valence-electron chi connectivity index (χ1n) is 7.09. The molecule has 1 aliphatic rings. The molecule has 3 rings (SSSR count). The number of hydrogen-bond acceptors (Lipinski definition) is 3. The van der Waals surface area contributed by atoms with Crippen molar-refractivity contribution in [1.29, 1.82) is 0 Å². The standard InChI is InChI=1S/C16H19NOS2/c1-10-5-6-14-12(8-10)9-15(20-14)16(18)17-11(2)13-4-3-7-19-13/h3-4,7,9-11H,5-6,8H2,1-2H3,(H,17,18). The summed E-state index contributed by atoms with van der Waals surface area (Å²) in [6, 6.07) is 6.28. The van der Waals surface area contributed by atoms with E-state index in [4.69, 9.17) is 0 Å². The Balaban J connectivity index is 1.72. The molecule has 2 atom stereocenters. The molecule has 20 heavy (non-hydrogen) atoms. The maximum Gasteiger partial charge on any atom is 0.261 e. The van der Waals surface area contributed by atoms with Gasteiger partial charge in [0.1, 0.15) is 0 Å². The zero-order chi connectivity index (χ0) is 14.1. The second-order valence-electron chi connectivity index (χ2n) is 5.62. The highest BCUT2D eigenvalue weighted by Gasteiger charge is 2.21. The molecule has 2 unspecified atom stereocenters. The third kappa shape index (κ3) is 2.81. The van der Waals surface area contributed by atoms with Crippen LogP contribution in [0.25, 0.3) is 0 Å². The molecule has 0 aliphatic heterocycles. The molecule has 0 radical (unpaired) electrons. The van der Waals surface area contributed by atoms with E-state index in [9.17, 15) is 4.79 Å². The molecule has 2 aromatic rings. The van der Waals surface area contributed by atoms with Crippen molar-refractivity contribution >= 4 is 28.6 Å². The van der Waals surface area contributed by atoms with E-state index in [1.807, 2.05) is 18.4 Å². The van der Waals surface area contributed by atoms with Crippen LogP contribution < -0.4 is 5.32 Å². The highest BCUT2D eigenvalue weighted by molar-refractivity contribution is 7.14. The van der Waals surface area contributed by atoms with Crippen LogP contribution in [0.4, 0.5) is 0 Å². The molecule has 0 fully saturated rings. The number of hydrogen-bond donors (Lipinski definition) is 1. The molecular weight excluding hydrogens is 286 g/mol. The number of thiophene rings is 2. The average molecular weight is 305 g/mol. The summed E-state index contributed by atoms with van der Waals surface area (Å²) in [6.45, 7) is 4.33. The van der Waals surface area contributed by atoms with Crippen molar-refractivity contribution in [3.05, 3.63) is 43.8 Å². The lowest BCUT2D eigenvalue weighted by Crippen LogP contribution is -2.25. The smallest absolute Gasteiger partial charge is 0.261 e. The first-order valence-corrected chi connectivity index (χ1v) is 8.79. The van der Waals surface area contributed by atoms with Crippen LogP contribution in [0.15, 0.2) is 23.6 Å². The zero-order valence-electron chi connectivity index (χ0n) is 11.8. The number of amides is 1. The topological polar surface area (TPSA) is 29.1 Å². The van der Waals surface area contributed by atoms with Gasteiger partial charge in [-0.2, -0.15) is 0 Å². The zero-order valence-corrected chi connectivity index (χ0v) is 13.4. The number of fused-ring (bicyclic) bond motifs is 1. The van der Waals surface area contributed by atoms with Crippen LogP contribution in [0.1, 0.15) is 51.3 Å². The molecule has 4 heteroatoms. The Morgan fingerprint density at radius 1 is 1.50 bits per heavy atom. The third-order valence-corrected chi connectivity index (χ3v) is 6.16. The van der Waals surface area contributed by atoms with Gasteiger partial charge in [0.05, 0.1) is 10.9 Å². The summed E-state index contributed by atoms with van der Waals surface area (Å²) in [6.07, 6.45) is 3.51. The van der Waals surface area contributed by atoms with Crippen LogP contribution >= 0.6 is 22.7 Å². The second kappa shape index (κ2) is 5.70. The third-order valence-electron chi connectivity index (χ3n) is 3.87. The summed E-state index contributed by atoms with van der Waals surface area (Å²) in [5, 5.41) is 5.15. The molecule has 0 saturated carbocycles. The SMILES string of the molecule is CC1CCc2sc(C(=O)NC(C)c3cccs3)cc2C1. The van der Waals surface area contributed by atoms with Crippen molar-refractivity contribution in [2.24, 2.45) is 5.92 Å². The molecule has 0 bridgehead atoms. The number of rotatable bonds is 3. The normalized spacial score (nSPS) is 19.4. The monoisotopic (exact) mass is 305 g/mol. The maximum absolute atomic E-state index is 12.4. The molecule has 2 nitrogen and oxygen atoms in total. The van der Waals surface area contributed by atoms with Gasteiger partial charge in [0.25, 0.3) is 5.91 Å². The number of nitrogens with one attached hydrogen (secondary N) is 1. The van der Waals surface area contributed by atoms with Gasteiger partial charge in [0.2, 0.25) is 0 Å². The first kappa shape index (κ1) is 13.8. The Bertz CT molecular complexity index is 600. The van der Waals surface area contributed by atoms with Gasteiger partial charge >= 0.3 is 0 Å². The van der Waals surface area contributed by atoms with Gasteiger partial charge in [0, 0.05) is 9.75 Å². The van der Waals surface area contributed by atoms with Crippen LogP contribution in [0.5, 0.6) is 0 Å². The molecule has 1 amide bonds. The van der Waals surface area contributed by atoms with E-state index < -0.39 is 0 Å². The molecule has 2 heterocycles. The fraction of sp³-hybridized carbons (Fsp3) is 0.438. The highest BCUT2D eigenvalue weighted by Crippen LogP contribution is 2.32. The average Bonchev–Trinajstić information content (AvgIpc) is 3.07. The Hall–Kier alpha value is -1.13. The fourth-order valence-electron chi connectivity index (χ4n) is 2.69. The van der Waals surface area contributed by atoms with E-state index in [2.05, 4.69) is 24.4 Å². The molecule has 0 saturated heterocycles. The van der Waals surface area contributed by atoms with Gasteiger partial charge < -0.3 is 5.32 Å². The van der Waals surface area contributed by atoms with E-state index >= 15 is 0 Å². The lowest BCUT2D eigenvalue weighted by molar-refractivity contribution is 0.0944. The first-order chi connectivity index (χ1) is 9.63. The van der Waals surface area contributed by atoms with Gasteiger partial charge in [-0.1, -0.05) is 13.0 Å². The highest BCUT2D eigenvalue weighted by atomic mass is 32.1. The lowest BCUT2D eigenvalue weighted by atomic mass is 9.90. The molecule has 0 aromatic carbocycles. The Labute approximate surface area is 127 Å². The van der Waals surface area contributed by atoms with Crippen molar-refractivity contribution in [2.75, 3.05) is 0 Å². The molecule has 1 aliphatic carbocycles. The van der Waals surface area contributed by atoms with Crippen LogP contribution in [0.3, 0.4) is 0 Å². The summed E-state index contributed by atoms with van der Waals surface area (Å²) < 4.78 is 0. The fourth-order valence-corrected chi connectivity index (χ4v) is 4.54. The molecule has 1 N–H and O–H groups in total. The summed E-state index contributed by atoms with van der Waals surface area (Å²) in [4.78, 5) is 15.8. The van der Waals surface area contributed by atoms with Gasteiger partial charge in [-0.15, -0.1) is 22.7 Å². The van der Waals surface area contributed by atoms with E-state index in [1.165, 1.54) is 21.7 Å². The Morgan fingerprint density at radius 2 is 2.35 bits per heavy atom. The summed E-state index contributed by atoms with van der Waals surface area (Å²) >= 11 is 3.36. The van der Waals surface area contributed by atoms with E-state index in [-0.39, 0.29) is 11.9 Å². The molecular formula is C16H19NOS2. The maximum atomic E-state index is 12.4. The van der Waals surface area contributed by atoms with Crippen molar-refractivity contribution in [3.63, 3.8) is 0 Å². The van der Waals surface area contributed by atoms with Crippen LogP contribution in [-0.2, 0) is 12.8 Å². The lowest BCUT2D eigenvalue weighted by Gasteiger charge is -2.16. The van der Waals surface area contributed by atoms with Crippen LogP contribution in [0, 0.1) is 5.92 Å². The quantitative estimate of drug-likeness (QED) is 0.893. The predicted octanol–water partition coefficient (Wildman–Crippen LogP) is 4.43. The van der Waals surface area contributed by atoms with Crippen molar-refractivity contribution < 1.29 is 4.79 Å².